The Balaban J connectivity index is 1.92. The lowest BCUT2D eigenvalue weighted by Gasteiger charge is -2.19. The SMILES string of the molecule is Cc1nc(N(C)CC(=O)c2ccccc2)c2ccccc2n1. The molecule has 0 atom stereocenters. The molecule has 0 unspecified atom stereocenters. The fraction of sp³-hybridized carbons (Fsp3) is 0.167. The van der Waals surface area contributed by atoms with Gasteiger partial charge in [0.05, 0.1) is 12.1 Å². The number of benzene rings is 2. The fourth-order valence-corrected chi connectivity index (χ4v) is 2.47. The van der Waals surface area contributed by atoms with Crippen molar-refractivity contribution in [3.8, 4) is 0 Å². The van der Waals surface area contributed by atoms with E-state index in [1.165, 1.54) is 0 Å². The molecule has 110 valence electrons. The summed E-state index contributed by atoms with van der Waals surface area (Å²) in [4.78, 5) is 23.2. The molecule has 1 heterocycles. The maximum atomic E-state index is 12.4. The summed E-state index contributed by atoms with van der Waals surface area (Å²) in [5.41, 5.74) is 1.61. The number of Topliss-reactive ketones (excluding diaryl/α,β-unsaturated/α-hetero) is 1. The van der Waals surface area contributed by atoms with Crippen molar-refractivity contribution >= 4 is 22.5 Å². The van der Waals surface area contributed by atoms with E-state index in [9.17, 15) is 4.79 Å². The van der Waals surface area contributed by atoms with Crippen molar-refractivity contribution in [3.05, 3.63) is 66.0 Å². The number of hydrogen-bond acceptors (Lipinski definition) is 4. The molecular weight excluding hydrogens is 274 g/mol. The lowest BCUT2D eigenvalue weighted by Crippen LogP contribution is -2.27. The standard InChI is InChI=1S/C18H17N3O/c1-13-19-16-11-7-6-10-15(16)18(20-13)21(2)12-17(22)14-8-4-3-5-9-14/h3-11H,12H2,1-2H3. The number of aryl methyl sites for hydroxylation is 1. The summed E-state index contributed by atoms with van der Waals surface area (Å²) in [5, 5.41) is 0.955. The van der Waals surface area contributed by atoms with E-state index < -0.39 is 0 Å². The number of likely N-dealkylation sites (N-methyl/N-ethyl adjacent to an activating group) is 1. The zero-order valence-corrected chi connectivity index (χ0v) is 12.7. The molecule has 0 amide bonds. The minimum atomic E-state index is 0.0726. The third-order valence-electron chi connectivity index (χ3n) is 3.53. The van der Waals surface area contributed by atoms with Crippen molar-refractivity contribution in [1.29, 1.82) is 0 Å². The summed E-state index contributed by atoms with van der Waals surface area (Å²) in [6.45, 7) is 2.15. The Morgan fingerprint density at radius 1 is 1.00 bits per heavy atom. The Bertz CT molecular complexity index is 815. The number of aromatic nitrogens is 2. The molecule has 4 nitrogen and oxygen atoms in total. The highest BCUT2D eigenvalue weighted by atomic mass is 16.1. The number of hydrogen-bond donors (Lipinski definition) is 0. The van der Waals surface area contributed by atoms with Gasteiger partial charge in [0.2, 0.25) is 0 Å². The van der Waals surface area contributed by atoms with E-state index in [1.807, 2.05) is 73.5 Å². The minimum absolute atomic E-state index is 0.0726. The normalized spacial score (nSPS) is 10.6. The smallest absolute Gasteiger partial charge is 0.182 e. The molecule has 0 aliphatic heterocycles. The number of carbonyl (C=O) groups is 1. The maximum Gasteiger partial charge on any atom is 0.182 e. The Hall–Kier alpha value is -2.75. The van der Waals surface area contributed by atoms with Crippen LogP contribution in [-0.2, 0) is 0 Å². The van der Waals surface area contributed by atoms with Gasteiger partial charge in [0.25, 0.3) is 0 Å². The first-order chi connectivity index (χ1) is 10.6. The van der Waals surface area contributed by atoms with Crippen LogP contribution in [0.3, 0.4) is 0 Å². The molecule has 2 aromatic carbocycles. The molecule has 4 heteroatoms. The fourth-order valence-electron chi connectivity index (χ4n) is 2.47. The van der Waals surface area contributed by atoms with Crippen molar-refractivity contribution < 1.29 is 4.79 Å². The molecular formula is C18H17N3O. The second-order valence-electron chi connectivity index (χ2n) is 5.26. The summed E-state index contributed by atoms with van der Waals surface area (Å²) in [6, 6.07) is 17.2. The number of ketones is 1. The predicted molar refractivity (Wildman–Crippen MR) is 88.3 cm³/mol. The molecule has 0 spiro atoms. The lowest BCUT2D eigenvalue weighted by molar-refractivity contribution is 0.1000. The van der Waals surface area contributed by atoms with Gasteiger partial charge in [-0.05, 0) is 19.1 Å². The van der Waals surface area contributed by atoms with E-state index in [4.69, 9.17) is 0 Å². The Kier molecular flexibility index (Phi) is 3.83. The molecule has 0 saturated carbocycles. The molecule has 0 radical (unpaired) electrons. The number of fused-ring (bicyclic) bond motifs is 1. The maximum absolute atomic E-state index is 12.4. The average molecular weight is 291 g/mol. The summed E-state index contributed by atoms with van der Waals surface area (Å²) < 4.78 is 0. The minimum Gasteiger partial charge on any atom is -0.351 e. The Labute approximate surface area is 129 Å². The molecule has 3 aromatic rings. The van der Waals surface area contributed by atoms with Crippen molar-refractivity contribution in [2.75, 3.05) is 18.5 Å². The summed E-state index contributed by atoms with van der Waals surface area (Å²) in [6.07, 6.45) is 0. The van der Waals surface area contributed by atoms with E-state index in [-0.39, 0.29) is 12.3 Å². The third kappa shape index (κ3) is 2.81. The number of para-hydroxylation sites is 1. The van der Waals surface area contributed by atoms with Crippen LogP contribution in [0.5, 0.6) is 0 Å². The molecule has 0 aliphatic carbocycles. The van der Waals surface area contributed by atoms with E-state index in [1.54, 1.807) is 0 Å². The molecule has 0 fully saturated rings. The highest BCUT2D eigenvalue weighted by Gasteiger charge is 2.14. The quantitative estimate of drug-likeness (QED) is 0.692. The zero-order valence-electron chi connectivity index (χ0n) is 12.7. The van der Waals surface area contributed by atoms with E-state index in [0.717, 1.165) is 16.7 Å². The van der Waals surface area contributed by atoms with Gasteiger partial charge in [0.1, 0.15) is 11.6 Å². The first-order valence-electron chi connectivity index (χ1n) is 7.18. The van der Waals surface area contributed by atoms with E-state index in [0.29, 0.717) is 11.4 Å². The van der Waals surface area contributed by atoms with Crippen LogP contribution in [0.1, 0.15) is 16.2 Å². The van der Waals surface area contributed by atoms with Gasteiger partial charge >= 0.3 is 0 Å². The molecule has 0 saturated heterocycles. The van der Waals surface area contributed by atoms with Crippen LogP contribution in [0.4, 0.5) is 5.82 Å². The van der Waals surface area contributed by atoms with Gasteiger partial charge in [0.15, 0.2) is 5.78 Å². The highest BCUT2D eigenvalue weighted by Crippen LogP contribution is 2.22. The van der Waals surface area contributed by atoms with Crippen molar-refractivity contribution in [1.82, 2.24) is 9.97 Å². The Morgan fingerprint density at radius 3 is 2.45 bits per heavy atom. The van der Waals surface area contributed by atoms with Crippen LogP contribution in [0.2, 0.25) is 0 Å². The zero-order chi connectivity index (χ0) is 15.5. The second-order valence-corrected chi connectivity index (χ2v) is 5.26. The van der Waals surface area contributed by atoms with Crippen LogP contribution in [0, 0.1) is 6.92 Å². The largest absolute Gasteiger partial charge is 0.351 e. The molecule has 0 aliphatic rings. The number of anilines is 1. The van der Waals surface area contributed by atoms with Gasteiger partial charge in [-0.3, -0.25) is 4.79 Å². The van der Waals surface area contributed by atoms with Crippen LogP contribution in [0.15, 0.2) is 54.6 Å². The van der Waals surface area contributed by atoms with Crippen LogP contribution in [-0.4, -0.2) is 29.3 Å². The number of carbonyl (C=O) groups excluding carboxylic acids is 1. The van der Waals surface area contributed by atoms with Gasteiger partial charge in [-0.25, -0.2) is 9.97 Å². The highest BCUT2D eigenvalue weighted by molar-refractivity contribution is 6.00. The predicted octanol–water partition coefficient (Wildman–Crippen LogP) is 3.26. The van der Waals surface area contributed by atoms with Crippen LogP contribution < -0.4 is 4.90 Å². The molecule has 0 bridgehead atoms. The van der Waals surface area contributed by atoms with Crippen molar-refractivity contribution in [3.63, 3.8) is 0 Å². The molecule has 22 heavy (non-hydrogen) atoms. The first kappa shape index (κ1) is 14.2. The van der Waals surface area contributed by atoms with Gasteiger partial charge in [0, 0.05) is 18.0 Å². The second kappa shape index (κ2) is 5.93. The molecule has 1 aromatic heterocycles. The monoisotopic (exact) mass is 291 g/mol. The van der Waals surface area contributed by atoms with Gasteiger partial charge in [-0.15, -0.1) is 0 Å². The number of nitrogens with zero attached hydrogens (tertiary/aromatic N) is 3. The summed E-state index contributed by atoms with van der Waals surface area (Å²) in [7, 11) is 1.88. The van der Waals surface area contributed by atoms with Gasteiger partial charge < -0.3 is 4.90 Å². The van der Waals surface area contributed by atoms with Gasteiger partial charge in [-0.1, -0.05) is 42.5 Å². The summed E-state index contributed by atoms with van der Waals surface area (Å²) in [5.74, 6) is 1.56. The van der Waals surface area contributed by atoms with E-state index >= 15 is 0 Å². The summed E-state index contributed by atoms with van der Waals surface area (Å²) >= 11 is 0. The Morgan fingerprint density at radius 2 is 1.68 bits per heavy atom. The number of rotatable bonds is 4. The molecule has 0 N–H and O–H groups in total. The van der Waals surface area contributed by atoms with Crippen LogP contribution >= 0.6 is 0 Å². The van der Waals surface area contributed by atoms with Gasteiger partial charge in [-0.2, -0.15) is 0 Å². The van der Waals surface area contributed by atoms with Crippen molar-refractivity contribution in [2.45, 2.75) is 6.92 Å². The third-order valence-corrected chi connectivity index (χ3v) is 3.53. The van der Waals surface area contributed by atoms with Crippen molar-refractivity contribution in [2.24, 2.45) is 0 Å². The van der Waals surface area contributed by atoms with Crippen LogP contribution in [0.25, 0.3) is 10.9 Å². The average Bonchev–Trinajstić information content (AvgIpc) is 2.54. The topological polar surface area (TPSA) is 46.1 Å². The lowest BCUT2D eigenvalue weighted by atomic mass is 10.1. The molecule has 3 rings (SSSR count). The van der Waals surface area contributed by atoms with E-state index in [2.05, 4.69) is 9.97 Å². The first-order valence-corrected chi connectivity index (χ1v) is 7.18.